The van der Waals surface area contributed by atoms with E-state index in [1.54, 1.807) is 18.3 Å². The molecule has 0 aliphatic heterocycles. The third-order valence-electron chi connectivity index (χ3n) is 2.72. The Bertz CT molecular complexity index is 604. The van der Waals surface area contributed by atoms with E-state index in [1.807, 2.05) is 31.2 Å². The molecule has 0 radical (unpaired) electrons. The Hall–Kier alpha value is -2.62. The molecule has 2 aromatic carbocycles. The number of aromatic carboxylic acids is 1. The van der Waals surface area contributed by atoms with Gasteiger partial charge in [-0.15, -0.1) is 0 Å². The van der Waals surface area contributed by atoms with Crippen LogP contribution < -0.4 is 5.43 Å². The molecule has 0 fully saturated rings. The van der Waals surface area contributed by atoms with E-state index in [2.05, 4.69) is 10.5 Å². The number of rotatable bonds is 4. The van der Waals surface area contributed by atoms with E-state index in [9.17, 15) is 4.79 Å². The molecule has 4 nitrogen and oxygen atoms in total. The zero-order chi connectivity index (χ0) is 13.7. The molecule has 0 amide bonds. The molecule has 0 atom stereocenters. The van der Waals surface area contributed by atoms with Gasteiger partial charge in [0.05, 0.1) is 17.5 Å². The fraction of sp³-hybridized carbons (Fsp3) is 0.0667. The van der Waals surface area contributed by atoms with E-state index in [0.29, 0.717) is 0 Å². The summed E-state index contributed by atoms with van der Waals surface area (Å²) in [6, 6.07) is 14.4. The maximum absolute atomic E-state index is 10.7. The molecule has 4 heteroatoms. The van der Waals surface area contributed by atoms with Gasteiger partial charge in [-0.05, 0) is 42.3 Å². The molecular formula is C15H14N2O2. The van der Waals surface area contributed by atoms with Crippen molar-refractivity contribution in [3.05, 3.63) is 65.2 Å². The molecule has 0 saturated carbocycles. The number of benzene rings is 2. The van der Waals surface area contributed by atoms with Crippen molar-refractivity contribution < 1.29 is 9.90 Å². The maximum atomic E-state index is 10.7. The van der Waals surface area contributed by atoms with E-state index in [1.165, 1.54) is 12.1 Å². The Morgan fingerprint density at radius 2 is 1.84 bits per heavy atom. The summed E-state index contributed by atoms with van der Waals surface area (Å²) in [5, 5.41) is 12.9. The lowest BCUT2D eigenvalue weighted by Crippen LogP contribution is -1.96. The smallest absolute Gasteiger partial charge is 0.335 e. The minimum atomic E-state index is -0.935. The predicted octanol–water partition coefficient (Wildman–Crippen LogP) is 3.14. The van der Waals surface area contributed by atoms with Gasteiger partial charge in [-0.1, -0.05) is 24.3 Å². The van der Waals surface area contributed by atoms with E-state index in [0.717, 1.165) is 16.8 Å². The highest BCUT2D eigenvalue weighted by atomic mass is 16.4. The Labute approximate surface area is 111 Å². The van der Waals surface area contributed by atoms with Gasteiger partial charge < -0.3 is 5.11 Å². The van der Waals surface area contributed by atoms with Gasteiger partial charge >= 0.3 is 5.97 Å². The molecule has 0 bridgehead atoms. The molecule has 2 rings (SSSR count). The second-order valence-electron chi connectivity index (χ2n) is 4.11. The third kappa shape index (κ3) is 3.42. The monoisotopic (exact) mass is 254 g/mol. The summed E-state index contributed by atoms with van der Waals surface area (Å²) in [4.78, 5) is 10.7. The number of hydrogen-bond acceptors (Lipinski definition) is 3. The molecule has 0 unspecified atom stereocenters. The highest BCUT2D eigenvalue weighted by molar-refractivity contribution is 5.88. The topological polar surface area (TPSA) is 61.7 Å². The first-order valence-electron chi connectivity index (χ1n) is 5.85. The number of aryl methyl sites for hydroxylation is 1. The van der Waals surface area contributed by atoms with Gasteiger partial charge in [0.15, 0.2) is 0 Å². The van der Waals surface area contributed by atoms with Crippen molar-refractivity contribution in [1.29, 1.82) is 0 Å². The summed E-state index contributed by atoms with van der Waals surface area (Å²) < 4.78 is 0. The number of anilines is 1. The van der Waals surface area contributed by atoms with Crippen molar-refractivity contribution in [1.82, 2.24) is 0 Å². The number of carboxylic acid groups (broad SMARTS) is 1. The van der Waals surface area contributed by atoms with Crippen LogP contribution in [0.2, 0.25) is 0 Å². The standard InChI is InChI=1S/C15H14N2O2/c1-11-4-2-3-5-13(11)10-16-17-14-8-6-12(7-9-14)15(18)19/h2-10,17H,1H3,(H,18,19)/b16-10-. The highest BCUT2D eigenvalue weighted by Gasteiger charge is 2.00. The van der Waals surface area contributed by atoms with Gasteiger partial charge in [0.2, 0.25) is 0 Å². The molecule has 0 spiro atoms. The fourth-order valence-corrected chi connectivity index (χ4v) is 1.60. The predicted molar refractivity (Wildman–Crippen MR) is 75.8 cm³/mol. The van der Waals surface area contributed by atoms with E-state index in [4.69, 9.17) is 5.11 Å². The number of carboxylic acids is 1. The lowest BCUT2D eigenvalue weighted by molar-refractivity contribution is 0.0697. The largest absolute Gasteiger partial charge is 0.478 e. The van der Waals surface area contributed by atoms with Crippen molar-refractivity contribution in [2.45, 2.75) is 6.92 Å². The average molecular weight is 254 g/mol. The van der Waals surface area contributed by atoms with E-state index in [-0.39, 0.29) is 5.56 Å². The van der Waals surface area contributed by atoms with E-state index >= 15 is 0 Å². The molecule has 0 heterocycles. The number of hydrogen-bond donors (Lipinski definition) is 2. The summed E-state index contributed by atoms with van der Waals surface area (Å²) in [6.07, 6.45) is 1.74. The second kappa shape index (κ2) is 5.82. The molecule has 19 heavy (non-hydrogen) atoms. The number of nitrogens with one attached hydrogen (secondary N) is 1. The van der Waals surface area contributed by atoms with Gasteiger partial charge in [0.25, 0.3) is 0 Å². The lowest BCUT2D eigenvalue weighted by atomic mass is 10.1. The first-order chi connectivity index (χ1) is 9.16. The van der Waals surface area contributed by atoms with E-state index < -0.39 is 5.97 Å². The van der Waals surface area contributed by atoms with Crippen LogP contribution in [0.15, 0.2) is 53.6 Å². The minimum Gasteiger partial charge on any atom is -0.478 e. The van der Waals surface area contributed by atoms with Crippen LogP contribution in [0.3, 0.4) is 0 Å². The summed E-state index contributed by atoms with van der Waals surface area (Å²) >= 11 is 0. The van der Waals surface area contributed by atoms with Crippen molar-refractivity contribution >= 4 is 17.9 Å². The molecule has 0 aliphatic carbocycles. The van der Waals surface area contributed by atoms with Crippen LogP contribution in [0.5, 0.6) is 0 Å². The minimum absolute atomic E-state index is 0.258. The number of carbonyl (C=O) groups is 1. The molecule has 0 saturated heterocycles. The summed E-state index contributed by atoms with van der Waals surface area (Å²) in [5.74, 6) is -0.935. The molecule has 2 aromatic rings. The number of nitrogens with zero attached hydrogens (tertiary/aromatic N) is 1. The summed E-state index contributed by atoms with van der Waals surface area (Å²) in [7, 11) is 0. The van der Waals surface area contributed by atoms with Crippen molar-refractivity contribution in [3.8, 4) is 0 Å². The lowest BCUT2D eigenvalue weighted by Gasteiger charge is -2.01. The van der Waals surface area contributed by atoms with Gasteiger partial charge in [0, 0.05) is 0 Å². The Kier molecular flexibility index (Phi) is 3.93. The first-order valence-corrected chi connectivity index (χ1v) is 5.85. The maximum Gasteiger partial charge on any atom is 0.335 e. The Morgan fingerprint density at radius 3 is 2.47 bits per heavy atom. The van der Waals surface area contributed by atoms with Gasteiger partial charge in [-0.25, -0.2) is 4.79 Å². The zero-order valence-corrected chi connectivity index (χ0v) is 10.5. The van der Waals surface area contributed by atoms with Gasteiger partial charge in [-0.2, -0.15) is 5.10 Å². The average Bonchev–Trinajstić information content (AvgIpc) is 2.41. The molecule has 0 aliphatic rings. The molecule has 2 N–H and O–H groups in total. The van der Waals surface area contributed by atoms with Crippen LogP contribution in [0.4, 0.5) is 5.69 Å². The summed E-state index contributed by atoms with van der Waals surface area (Å²) in [6.45, 7) is 2.02. The Morgan fingerprint density at radius 1 is 1.16 bits per heavy atom. The van der Waals surface area contributed by atoms with Crippen LogP contribution in [0.1, 0.15) is 21.5 Å². The normalized spacial score (nSPS) is 10.6. The fourth-order valence-electron chi connectivity index (χ4n) is 1.60. The van der Waals surface area contributed by atoms with Crippen molar-refractivity contribution in [3.63, 3.8) is 0 Å². The SMILES string of the molecule is Cc1ccccc1/C=N\Nc1ccc(C(=O)O)cc1. The van der Waals surface area contributed by atoms with Crippen LogP contribution in [-0.2, 0) is 0 Å². The van der Waals surface area contributed by atoms with Crippen molar-refractivity contribution in [2.75, 3.05) is 5.43 Å². The number of hydrazone groups is 1. The third-order valence-corrected chi connectivity index (χ3v) is 2.72. The van der Waals surface area contributed by atoms with Crippen LogP contribution in [-0.4, -0.2) is 17.3 Å². The quantitative estimate of drug-likeness (QED) is 0.651. The van der Waals surface area contributed by atoms with Crippen LogP contribution in [0, 0.1) is 6.92 Å². The second-order valence-corrected chi connectivity index (χ2v) is 4.11. The van der Waals surface area contributed by atoms with Gasteiger partial charge in [-0.3, -0.25) is 5.43 Å². The molecule has 0 aromatic heterocycles. The first kappa shape index (κ1) is 12.8. The zero-order valence-electron chi connectivity index (χ0n) is 10.5. The van der Waals surface area contributed by atoms with Crippen molar-refractivity contribution in [2.24, 2.45) is 5.10 Å². The summed E-state index contributed by atoms with van der Waals surface area (Å²) in [5.41, 5.74) is 6.05. The van der Waals surface area contributed by atoms with Crippen LogP contribution >= 0.6 is 0 Å². The molecular weight excluding hydrogens is 240 g/mol. The highest BCUT2D eigenvalue weighted by Crippen LogP contribution is 2.10. The van der Waals surface area contributed by atoms with Gasteiger partial charge in [0.1, 0.15) is 0 Å². The molecule has 96 valence electrons. The Balaban J connectivity index is 2.03. The van der Waals surface area contributed by atoms with Crippen LogP contribution in [0.25, 0.3) is 0 Å².